The van der Waals surface area contributed by atoms with Gasteiger partial charge in [0.1, 0.15) is 0 Å². The lowest BCUT2D eigenvalue weighted by Crippen LogP contribution is -2.39. The maximum atomic E-state index is 13.2. The second kappa shape index (κ2) is 7.13. The number of rotatable bonds is 3. The van der Waals surface area contributed by atoms with Gasteiger partial charge in [0, 0.05) is 32.2 Å². The maximum absolute atomic E-state index is 13.2. The Morgan fingerprint density at radius 3 is 2.36 bits per heavy atom. The number of imidazole rings is 1. The zero-order valence-corrected chi connectivity index (χ0v) is 17.1. The molecule has 3 aromatic rings. The molecule has 0 unspecified atom stereocenters. The van der Waals surface area contributed by atoms with E-state index in [1.165, 1.54) is 9.13 Å². The number of benzene rings is 1. The lowest BCUT2D eigenvalue weighted by Gasteiger charge is -2.30. The summed E-state index contributed by atoms with van der Waals surface area (Å²) in [6.07, 6.45) is 2.20. The normalized spacial score (nSPS) is 15.5. The molecule has 1 fully saturated rings. The molecule has 148 valence electrons. The van der Waals surface area contributed by atoms with E-state index in [0.717, 1.165) is 37.4 Å². The molecule has 4 rings (SSSR count). The van der Waals surface area contributed by atoms with Crippen molar-refractivity contribution in [1.29, 1.82) is 0 Å². The SMILES string of the molecule is CC1CCN(c2nc3c(c(=O)n(Cc4ccc(Cl)cc4)c(=O)n3C)n2C)CC1. The molecule has 1 aromatic carbocycles. The van der Waals surface area contributed by atoms with Gasteiger partial charge in [-0.1, -0.05) is 30.7 Å². The Kier molecular flexibility index (Phi) is 4.79. The highest BCUT2D eigenvalue weighted by atomic mass is 35.5. The van der Waals surface area contributed by atoms with E-state index in [0.29, 0.717) is 22.1 Å². The van der Waals surface area contributed by atoms with Crippen molar-refractivity contribution in [3.05, 3.63) is 55.7 Å². The Hall–Kier alpha value is -2.54. The Morgan fingerprint density at radius 2 is 1.71 bits per heavy atom. The summed E-state index contributed by atoms with van der Waals surface area (Å²) in [5.41, 5.74) is 1.03. The van der Waals surface area contributed by atoms with Crippen molar-refractivity contribution in [2.45, 2.75) is 26.3 Å². The molecule has 0 radical (unpaired) electrons. The molecule has 0 saturated carbocycles. The van der Waals surface area contributed by atoms with E-state index in [1.807, 2.05) is 23.7 Å². The van der Waals surface area contributed by atoms with Gasteiger partial charge < -0.3 is 9.47 Å². The molecular weight excluding hydrogens is 378 g/mol. The number of anilines is 1. The first kappa shape index (κ1) is 18.8. The summed E-state index contributed by atoms with van der Waals surface area (Å²) in [5.74, 6) is 1.45. The van der Waals surface area contributed by atoms with E-state index < -0.39 is 0 Å². The third-order valence-corrected chi connectivity index (χ3v) is 5.91. The third-order valence-electron chi connectivity index (χ3n) is 5.66. The molecule has 0 amide bonds. The van der Waals surface area contributed by atoms with Crippen molar-refractivity contribution in [3.8, 4) is 0 Å². The number of hydrogen-bond acceptors (Lipinski definition) is 4. The van der Waals surface area contributed by atoms with Crippen molar-refractivity contribution in [2.24, 2.45) is 20.0 Å². The van der Waals surface area contributed by atoms with Gasteiger partial charge in [-0.3, -0.25) is 13.9 Å². The van der Waals surface area contributed by atoms with Gasteiger partial charge in [-0.25, -0.2) is 4.79 Å². The molecule has 1 saturated heterocycles. The van der Waals surface area contributed by atoms with Crippen LogP contribution in [0.3, 0.4) is 0 Å². The van der Waals surface area contributed by atoms with Gasteiger partial charge in [-0.05, 0) is 36.5 Å². The van der Waals surface area contributed by atoms with Crippen LogP contribution in [0.1, 0.15) is 25.3 Å². The fraction of sp³-hybridized carbons (Fsp3) is 0.450. The lowest BCUT2D eigenvalue weighted by atomic mass is 10.00. The van der Waals surface area contributed by atoms with Gasteiger partial charge in [0.2, 0.25) is 5.95 Å². The highest BCUT2D eigenvalue weighted by molar-refractivity contribution is 6.30. The Morgan fingerprint density at radius 1 is 1.07 bits per heavy atom. The van der Waals surface area contributed by atoms with Crippen LogP contribution < -0.4 is 16.1 Å². The van der Waals surface area contributed by atoms with Gasteiger partial charge in [0.15, 0.2) is 11.2 Å². The maximum Gasteiger partial charge on any atom is 0.332 e. The molecule has 0 bridgehead atoms. The minimum absolute atomic E-state index is 0.195. The Balaban J connectivity index is 1.82. The number of aryl methyl sites for hydroxylation is 2. The van der Waals surface area contributed by atoms with E-state index in [-0.39, 0.29) is 17.8 Å². The fourth-order valence-electron chi connectivity index (χ4n) is 3.84. The second-order valence-corrected chi connectivity index (χ2v) is 8.11. The molecule has 28 heavy (non-hydrogen) atoms. The lowest BCUT2D eigenvalue weighted by molar-refractivity contribution is 0.433. The van der Waals surface area contributed by atoms with E-state index >= 15 is 0 Å². The molecule has 3 heterocycles. The number of hydrogen-bond donors (Lipinski definition) is 0. The van der Waals surface area contributed by atoms with Crippen LogP contribution in [-0.2, 0) is 20.6 Å². The number of piperidine rings is 1. The summed E-state index contributed by atoms with van der Waals surface area (Å²) >= 11 is 5.94. The molecule has 8 heteroatoms. The number of halogens is 1. The monoisotopic (exact) mass is 401 g/mol. The van der Waals surface area contributed by atoms with Crippen molar-refractivity contribution < 1.29 is 0 Å². The molecule has 0 spiro atoms. The van der Waals surface area contributed by atoms with Crippen LogP contribution in [0, 0.1) is 5.92 Å². The minimum Gasteiger partial charge on any atom is -0.342 e. The summed E-state index contributed by atoms with van der Waals surface area (Å²) in [6.45, 7) is 4.27. The molecule has 2 aromatic heterocycles. The summed E-state index contributed by atoms with van der Waals surface area (Å²) in [7, 11) is 3.51. The van der Waals surface area contributed by atoms with Crippen LogP contribution in [0.5, 0.6) is 0 Å². The molecule has 1 aliphatic rings. The summed E-state index contributed by atoms with van der Waals surface area (Å²) < 4.78 is 4.55. The van der Waals surface area contributed by atoms with Crippen molar-refractivity contribution in [2.75, 3.05) is 18.0 Å². The first-order valence-electron chi connectivity index (χ1n) is 9.52. The topological polar surface area (TPSA) is 65.1 Å². The average molecular weight is 402 g/mol. The highest BCUT2D eigenvalue weighted by Crippen LogP contribution is 2.24. The summed E-state index contributed by atoms with van der Waals surface area (Å²) in [6, 6.07) is 7.15. The van der Waals surface area contributed by atoms with Crippen LogP contribution >= 0.6 is 11.6 Å². The van der Waals surface area contributed by atoms with E-state index in [9.17, 15) is 9.59 Å². The number of aromatic nitrogens is 4. The summed E-state index contributed by atoms with van der Waals surface area (Å²) in [4.78, 5) is 32.9. The molecular formula is C20H24ClN5O2. The van der Waals surface area contributed by atoms with Gasteiger partial charge in [0.25, 0.3) is 5.56 Å². The van der Waals surface area contributed by atoms with Crippen LogP contribution in [0.4, 0.5) is 5.95 Å². The van der Waals surface area contributed by atoms with Crippen LogP contribution in [0.25, 0.3) is 11.2 Å². The Labute approximate surface area is 167 Å². The van der Waals surface area contributed by atoms with Crippen molar-refractivity contribution in [1.82, 2.24) is 18.7 Å². The minimum atomic E-state index is -0.371. The zero-order valence-electron chi connectivity index (χ0n) is 16.4. The quantitative estimate of drug-likeness (QED) is 0.675. The predicted molar refractivity (Wildman–Crippen MR) is 111 cm³/mol. The first-order valence-corrected chi connectivity index (χ1v) is 9.90. The van der Waals surface area contributed by atoms with E-state index in [4.69, 9.17) is 11.6 Å². The molecule has 0 atom stereocenters. The fourth-order valence-corrected chi connectivity index (χ4v) is 3.96. The van der Waals surface area contributed by atoms with Crippen LogP contribution in [-0.4, -0.2) is 31.8 Å². The zero-order chi connectivity index (χ0) is 20.0. The molecule has 7 nitrogen and oxygen atoms in total. The van der Waals surface area contributed by atoms with Crippen LogP contribution in [0.15, 0.2) is 33.9 Å². The Bertz CT molecular complexity index is 1130. The average Bonchev–Trinajstić information content (AvgIpc) is 3.03. The molecule has 1 aliphatic heterocycles. The summed E-state index contributed by atoms with van der Waals surface area (Å²) in [5, 5.41) is 0.617. The largest absolute Gasteiger partial charge is 0.342 e. The number of nitrogens with zero attached hydrogens (tertiary/aromatic N) is 5. The van der Waals surface area contributed by atoms with Gasteiger partial charge >= 0.3 is 5.69 Å². The van der Waals surface area contributed by atoms with Crippen LogP contribution in [0.2, 0.25) is 5.02 Å². The first-order chi connectivity index (χ1) is 13.4. The predicted octanol–water partition coefficient (Wildman–Crippen LogP) is 2.37. The molecule has 0 aliphatic carbocycles. The van der Waals surface area contributed by atoms with Gasteiger partial charge in [0.05, 0.1) is 6.54 Å². The number of fused-ring (bicyclic) bond motifs is 1. The smallest absolute Gasteiger partial charge is 0.332 e. The van der Waals surface area contributed by atoms with Gasteiger partial charge in [-0.2, -0.15) is 4.98 Å². The van der Waals surface area contributed by atoms with Crippen molar-refractivity contribution >= 4 is 28.7 Å². The van der Waals surface area contributed by atoms with E-state index in [2.05, 4.69) is 16.8 Å². The van der Waals surface area contributed by atoms with E-state index in [1.54, 1.807) is 19.2 Å². The van der Waals surface area contributed by atoms with Crippen molar-refractivity contribution in [3.63, 3.8) is 0 Å². The standard InChI is InChI=1S/C20H24ClN5O2/c1-13-8-10-25(11-9-13)19-22-17-16(23(19)2)18(27)26(20(28)24(17)3)12-14-4-6-15(21)7-5-14/h4-7,13H,8-12H2,1-3H3. The second-order valence-electron chi connectivity index (χ2n) is 7.67. The third kappa shape index (κ3) is 3.13. The molecule has 0 N–H and O–H groups in total. The highest BCUT2D eigenvalue weighted by Gasteiger charge is 2.24. The van der Waals surface area contributed by atoms with Gasteiger partial charge in [-0.15, -0.1) is 0 Å².